The molecule has 26 heavy (non-hydrogen) atoms. The molecule has 0 bridgehead atoms. The molecule has 2 aromatic carbocycles. The fraction of sp³-hybridized carbons (Fsp3) is 0.190. The number of para-hydroxylation sites is 2. The summed E-state index contributed by atoms with van der Waals surface area (Å²) >= 11 is 1.68. The summed E-state index contributed by atoms with van der Waals surface area (Å²) in [6.07, 6.45) is 0. The van der Waals surface area contributed by atoms with Crippen molar-refractivity contribution in [3.8, 4) is 5.75 Å². The van der Waals surface area contributed by atoms with E-state index in [1.165, 1.54) is 4.88 Å². The second-order valence-corrected chi connectivity index (χ2v) is 6.92. The van der Waals surface area contributed by atoms with Crippen LogP contribution in [0.3, 0.4) is 0 Å². The number of ether oxygens (including phenoxy) is 1. The topological polar surface area (TPSA) is 50.4 Å². The van der Waals surface area contributed by atoms with Crippen LogP contribution >= 0.6 is 11.3 Å². The maximum Gasteiger partial charge on any atom is 0.241 e. The largest absolute Gasteiger partial charge is 0.495 e. The van der Waals surface area contributed by atoms with E-state index in [2.05, 4.69) is 28.8 Å². The van der Waals surface area contributed by atoms with E-state index in [-0.39, 0.29) is 18.0 Å². The molecule has 0 saturated carbocycles. The van der Waals surface area contributed by atoms with Gasteiger partial charge in [0.1, 0.15) is 5.75 Å². The van der Waals surface area contributed by atoms with Crippen LogP contribution in [0.4, 0.5) is 5.69 Å². The second kappa shape index (κ2) is 8.65. The third kappa shape index (κ3) is 4.31. The van der Waals surface area contributed by atoms with Gasteiger partial charge in [-0.1, -0.05) is 48.5 Å². The van der Waals surface area contributed by atoms with Gasteiger partial charge in [0.25, 0.3) is 0 Å². The second-order valence-electron chi connectivity index (χ2n) is 5.94. The molecule has 0 spiro atoms. The Morgan fingerprint density at radius 1 is 1.00 bits per heavy atom. The Balaban J connectivity index is 1.75. The number of anilines is 1. The zero-order valence-electron chi connectivity index (χ0n) is 14.8. The highest BCUT2D eigenvalue weighted by molar-refractivity contribution is 7.10. The summed E-state index contributed by atoms with van der Waals surface area (Å²) in [4.78, 5) is 13.9. The fourth-order valence-electron chi connectivity index (χ4n) is 2.76. The monoisotopic (exact) mass is 366 g/mol. The van der Waals surface area contributed by atoms with Crippen molar-refractivity contribution < 1.29 is 9.53 Å². The number of carbonyl (C=O) groups excluding carboxylic acids is 1. The number of carbonyl (C=O) groups is 1. The molecule has 4 nitrogen and oxygen atoms in total. The zero-order valence-corrected chi connectivity index (χ0v) is 15.6. The third-order valence-corrected chi connectivity index (χ3v) is 5.07. The molecule has 1 amide bonds. The van der Waals surface area contributed by atoms with Gasteiger partial charge in [0.15, 0.2) is 0 Å². The third-order valence-electron chi connectivity index (χ3n) is 4.14. The first-order valence-electron chi connectivity index (χ1n) is 8.47. The lowest BCUT2D eigenvalue weighted by molar-refractivity contribution is -0.117. The average Bonchev–Trinajstić information content (AvgIpc) is 3.21. The Labute approximate surface area is 157 Å². The molecule has 0 fully saturated rings. The molecule has 134 valence electrons. The Hall–Kier alpha value is -2.63. The summed E-state index contributed by atoms with van der Waals surface area (Å²) in [5.74, 6) is 0.540. The molecule has 0 aliphatic heterocycles. The molecule has 0 aliphatic carbocycles. The van der Waals surface area contributed by atoms with Crippen LogP contribution in [0.25, 0.3) is 0 Å². The SMILES string of the molecule is COc1ccccc1NC(=O)[C@H](C)N[C@@H](c1ccccc1)c1cccs1. The van der Waals surface area contributed by atoms with Crippen molar-refractivity contribution >= 4 is 22.9 Å². The Kier molecular flexibility index (Phi) is 6.04. The maximum absolute atomic E-state index is 12.7. The van der Waals surface area contributed by atoms with Gasteiger partial charge in [-0.25, -0.2) is 0 Å². The molecule has 2 N–H and O–H groups in total. The predicted molar refractivity (Wildman–Crippen MR) is 107 cm³/mol. The van der Waals surface area contributed by atoms with Crippen molar-refractivity contribution in [1.29, 1.82) is 0 Å². The summed E-state index contributed by atoms with van der Waals surface area (Å²) in [5.41, 5.74) is 1.80. The highest BCUT2D eigenvalue weighted by Crippen LogP contribution is 2.27. The maximum atomic E-state index is 12.7. The minimum Gasteiger partial charge on any atom is -0.495 e. The van der Waals surface area contributed by atoms with Gasteiger partial charge in [0.05, 0.1) is 24.9 Å². The van der Waals surface area contributed by atoms with Gasteiger partial charge in [-0.3, -0.25) is 10.1 Å². The van der Waals surface area contributed by atoms with Crippen LogP contribution in [0.1, 0.15) is 23.4 Å². The molecule has 0 saturated heterocycles. The van der Waals surface area contributed by atoms with Crippen LogP contribution in [-0.4, -0.2) is 19.1 Å². The Morgan fingerprint density at radius 2 is 1.73 bits per heavy atom. The number of nitrogens with one attached hydrogen (secondary N) is 2. The van der Waals surface area contributed by atoms with Crippen molar-refractivity contribution in [2.75, 3.05) is 12.4 Å². The van der Waals surface area contributed by atoms with Crippen LogP contribution in [0.5, 0.6) is 5.75 Å². The van der Waals surface area contributed by atoms with Crippen LogP contribution in [0, 0.1) is 0 Å². The lowest BCUT2D eigenvalue weighted by Crippen LogP contribution is -2.40. The van der Waals surface area contributed by atoms with Crippen LogP contribution in [-0.2, 0) is 4.79 Å². The summed E-state index contributed by atoms with van der Waals surface area (Å²) in [5, 5.41) is 8.44. The molecular formula is C21H22N2O2S. The van der Waals surface area contributed by atoms with Gasteiger partial charge in [-0.15, -0.1) is 11.3 Å². The van der Waals surface area contributed by atoms with Crippen molar-refractivity contribution in [1.82, 2.24) is 5.32 Å². The summed E-state index contributed by atoms with van der Waals surface area (Å²) in [6, 6.07) is 21.3. The van der Waals surface area contributed by atoms with E-state index in [9.17, 15) is 4.79 Å². The Morgan fingerprint density at radius 3 is 2.42 bits per heavy atom. The first kappa shape index (κ1) is 18.2. The number of amides is 1. The normalized spacial score (nSPS) is 13.0. The molecule has 5 heteroatoms. The lowest BCUT2D eigenvalue weighted by Gasteiger charge is -2.23. The van der Waals surface area contributed by atoms with E-state index in [0.717, 1.165) is 5.56 Å². The molecule has 0 aliphatic rings. The van der Waals surface area contributed by atoms with Gasteiger partial charge >= 0.3 is 0 Å². The van der Waals surface area contributed by atoms with E-state index in [4.69, 9.17) is 4.74 Å². The standard InChI is InChI=1S/C21H22N2O2S/c1-15(21(24)23-17-11-6-7-12-18(17)25-2)22-20(19-13-8-14-26-19)16-9-4-3-5-10-16/h3-15,20,22H,1-2H3,(H,23,24)/t15-,20-/m0/s1. The molecule has 2 atom stereocenters. The fourth-order valence-corrected chi connectivity index (χ4v) is 3.57. The van der Waals surface area contributed by atoms with Gasteiger partial charge < -0.3 is 10.1 Å². The van der Waals surface area contributed by atoms with Crippen LogP contribution < -0.4 is 15.4 Å². The minimum absolute atomic E-state index is 0.0328. The molecule has 0 unspecified atom stereocenters. The highest BCUT2D eigenvalue weighted by atomic mass is 32.1. The van der Waals surface area contributed by atoms with E-state index in [1.807, 2.05) is 60.8 Å². The van der Waals surface area contributed by atoms with Crippen LogP contribution in [0.2, 0.25) is 0 Å². The average molecular weight is 366 g/mol. The van der Waals surface area contributed by atoms with Gasteiger partial charge in [-0.2, -0.15) is 0 Å². The lowest BCUT2D eigenvalue weighted by atomic mass is 10.0. The predicted octanol–water partition coefficient (Wildman–Crippen LogP) is 4.46. The molecule has 3 rings (SSSR count). The highest BCUT2D eigenvalue weighted by Gasteiger charge is 2.22. The zero-order chi connectivity index (χ0) is 18.4. The van der Waals surface area contributed by atoms with E-state index >= 15 is 0 Å². The van der Waals surface area contributed by atoms with Gasteiger partial charge in [-0.05, 0) is 36.1 Å². The summed E-state index contributed by atoms with van der Waals surface area (Å²) in [6.45, 7) is 1.87. The molecule has 1 aromatic heterocycles. The number of methoxy groups -OCH3 is 1. The van der Waals surface area contributed by atoms with E-state index in [0.29, 0.717) is 11.4 Å². The van der Waals surface area contributed by atoms with Crippen molar-refractivity contribution in [2.24, 2.45) is 0 Å². The first-order chi connectivity index (χ1) is 12.7. The van der Waals surface area contributed by atoms with Crippen molar-refractivity contribution in [2.45, 2.75) is 19.0 Å². The van der Waals surface area contributed by atoms with Gasteiger partial charge in [0.2, 0.25) is 5.91 Å². The van der Waals surface area contributed by atoms with E-state index < -0.39 is 0 Å². The van der Waals surface area contributed by atoms with E-state index in [1.54, 1.807) is 18.4 Å². The first-order valence-corrected chi connectivity index (χ1v) is 9.35. The molecule has 3 aromatic rings. The Bertz CT molecular complexity index is 834. The number of hydrogen-bond acceptors (Lipinski definition) is 4. The molecular weight excluding hydrogens is 344 g/mol. The summed E-state index contributed by atoms with van der Waals surface area (Å²) in [7, 11) is 1.59. The minimum atomic E-state index is -0.382. The smallest absolute Gasteiger partial charge is 0.241 e. The van der Waals surface area contributed by atoms with Crippen molar-refractivity contribution in [3.05, 3.63) is 82.6 Å². The molecule has 1 heterocycles. The number of rotatable bonds is 7. The van der Waals surface area contributed by atoms with Crippen LogP contribution in [0.15, 0.2) is 72.1 Å². The number of hydrogen-bond donors (Lipinski definition) is 2. The van der Waals surface area contributed by atoms with Crippen molar-refractivity contribution in [3.63, 3.8) is 0 Å². The van der Waals surface area contributed by atoms with Gasteiger partial charge in [0, 0.05) is 4.88 Å². The number of thiophene rings is 1. The molecule has 0 radical (unpaired) electrons. The quantitative estimate of drug-likeness (QED) is 0.649. The number of benzene rings is 2. The summed E-state index contributed by atoms with van der Waals surface area (Å²) < 4.78 is 5.30.